The summed E-state index contributed by atoms with van der Waals surface area (Å²) in [7, 11) is 0. The lowest BCUT2D eigenvalue weighted by Gasteiger charge is -2.07. The molecule has 0 saturated heterocycles. The fraction of sp³-hybridized carbons (Fsp3) is 0.421. The van der Waals surface area contributed by atoms with Crippen LogP contribution in [0.4, 0.5) is 0 Å². The van der Waals surface area contributed by atoms with Gasteiger partial charge in [0.25, 0.3) is 0 Å². The van der Waals surface area contributed by atoms with Crippen LogP contribution in [0.2, 0.25) is 0 Å². The van der Waals surface area contributed by atoms with E-state index in [1.165, 1.54) is 10.8 Å². The zero-order valence-corrected chi connectivity index (χ0v) is 12.7. The Bertz CT molecular complexity index is 660. The number of fused-ring (bicyclic) bond motifs is 1. The molecule has 2 aromatic rings. The fourth-order valence-corrected chi connectivity index (χ4v) is 3.74. The SMILES string of the molecule is CC1(C)C(C(=O)Cc2cccc3ccccc23)C1(C)C. The molecule has 1 heteroatoms. The van der Waals surface area contributed by atoms with Crippen molar-refractivity contribution < 1.29 is 4.79 Å². The molecule has 1 fully saturated rings. The summed E-state index contributed by atoms with van der Waals surface area (Å²) >= 11 is 0. The average molecular weight is 266 g/mol. The van der Waals surface area contributed by atoms with E-state index >= 15 is 0 Å². The lowest BCUT2D eigenvalue weighted by Crippen LogP contribution is -2.10. The maximum atomic E-state index is 12.6. The van der Waals surface area contributed by atoms with Gasteiger partial charge in [0.2, 0.25) is 0 Å². The van der Waals surface area contributed by atoms with Gasteiger partial charge in [-0.2, -0.15) is 0 Å². The van der Waals surface area contributed by atoms with Crippen molar-refractivity contribution in [2.45, 2.75) is 34.1 Å². The van der Waals surface area contributed by atoms with Crippen LogP contribution in [0.1, 0.15) is 33.3 Å². The number of Topliss-reactive ketones (excluding diaryl/α,β-unsaturated/α-hetero) is 1. The summed E-state index contributed by atoms with van der Waals surface area (Å²) in [5.74, 6) is 0.574. The second-order valence-corrected chi connectivity index (χ2v) is 7.16. The monoisotopic (exact) mass is 266 g/mol. The standard InChI is InChI=1S/C19H22O/c1-18(2)17(19(18,3)4)16(20)12-14-10-7-9-13-8-5-6-11-15(13)14/h5-11,17H,12H2,1-4H3. The largest absolute Gasteiger partial charge is 0.299 e. The van der Waals surface area contributed by atoms with Crippen LogP contribution in [0.3, 0.4) is 0 Å². The maximum Gasteiger partial charge on any atom is 0.141 e. The van der Waals surface area contributed by atoms with E-state index < -0.39 is 0 Å². The third kappa shape index (κ3) is 1.80. The van der Waals surface area contributed by atoms with Gasteiger partial charge < -0.3 is 0 Å². The quantitative estimate of drug-likeness (QED) is 0.791. The molecule has 20 heavy (non-hydrogen) atoms. The predicted octanol–water partition coefficient (Wildman–Crippen LogP) is 4.63. The highest BCUT2D eigenvalue weighted by Crippen LogP contribution is 2.68. The molecule has 0 N–H and O–H groups in total. The Morgan fingerprint density at radius 2 is 1.55 bits per heavy atom. The molecule has 1 nitrogen and oxygen atoms in total. The molecule has 0 heterocycles. The van der Waals surface area contributed by atoms with Gasteiger partial charge >= 0.3 is 0 Å². The molecule has 2 aromatic carbocycles. The summed E-state index contributed by atoms with van der Waals surface area (Å²) in [4.78, 5) is 12.6. The van der Waals surface area contributed by atoms with Crippen LogP contribution in [0.25, 0.3) is 10.8 Å². The molecular formula is C19H22O. The Morgan fingerprint density at radius 1 is 0.950 bits per heavy atom. The first-order valence-corrected chi connectivity index (χ1v) is 7.35. The van der Waals surface area contributed by atoms with Gasteiger partial charge in [0, 0.05) is 12.3 Å². The van der Waals surface area contributed by atoms with E-state index in [-0.39, 0.29) is 16.7 Å². The Kier molecular flexibility index (Phi) is 2.79. The topological polar surface area (TPSA) is 17.1 Å². The van der Waals surface area contributed by atoms with E-state index in [0.29, 0.717) is 12.2 Å². The van der Waals surface area contributed by atoms with Gasteiger partial charge in [0.15, 0.2) is 0 Å². The third-order valence-corrected chi connectivity index (χ3v) is 5.59. The minimum atomic E-state index is 0.134. The molecule has 0 amide bonds. The second kappa shape index (κ2) is 4.18. The van der Waals surface area contributed by atoms with Crippen LogP contribution in [0.15, 0.2) is 42.5 Å². The van der Waals surface area contributed by atoms with E-state index in [9.17, 15) is 4.79 Å². The molecule has 0 aliphatic heterocycles. The zero-order chi connectivity index (χ0) is 14.5. The minimum Gasteiger partial charge on any atom is -0.299 e. The average Bonchev–Trinajstić information content (AvgIpc) is 2.80. The van der Waals surface area contributed by atoms with Gasteiger partial charge in [0.1, 0.15) is 5.78 Å². The van der Waals surface area contributed by atoms with Crippen molar-refractivity contribution in [2.75, 3.05) is 0 Å². The van der Waals surface area contributed by atoms with Crippen molar-refractivity contribution >= 4 is 16.6 Å². The van der Waals surface area contributed by atoms with Crippen molar-refractivity contribution in [1.82, 2.24) is 0 Å². The van der Waals surface area contributed by atoms with E-state index in [1.54, 1.807) is 0 Å². The molecule has 1 saturated carbocycles. The third-order valence-electron chi connectivity index (χ3n) is 5.59. The summed E-state index contributed by atoms with van der Waals surface area (Å²) in [5.41, 5.74) is 1.43. The van der Waals surface area contributed by atoms with E-state index in [4.69, 9.17) is 0 Å². The van der Waals surface area contributed by atoms with Gasteiger partial charge in [-0.25, -0.2) is 0 Å². The van der Waals surface area contributed by atoms with Gasteiger partial charge in [0.05, 0.1) is 0 Å². The van der Waals surface area contributed by atoms with Gasteiger partial charge in [-0.1, -0.05) is 70.2 Å². The highest BCUT2D eigenvalue weighted by atomic mass is 16.1. The molecule has 0 atom stereocenters. The molecular weight excluding hydrogens is 244 g/mol. The van der Waals surface area contributed by atoms with Crippen molar-refractivity contribution in [3.05, 3.63) is 48.0 Å². The van der Waals surface area contributed by atoms with Crippen LogP contribution >= 0.6 is 0 Å². The molecule has 104 valence electrons. The molecule has 0 bridgehead atoms. The van der Waals surface area contributed by atoms with Crippen molar-refractivity contribution in [2.24, 2.45) is 16.7 Å². The zero-order valence-electron chi connectivity index (χ0n) is 12.7. The Hall–Kier alpha value is -1.63. The Morgan fingerprint density at radius 3 is 2.20 bits per heavy atom. The maximum absolute atomic E-state index is 12.6. The second-order valence-electron chi connectivity index (χ2n) is 7.16. The first kappa shape index (κ1) is 13.4. The minimum absolute atomic E-state index is 0.134. The molecule has 3 rings (SSSR count). The lowest BCUT2D eigenvalue weighted by molar-refractivity contribution is -0.120. The van der Waals surface area contributed by atoms with Crippen LogP contribution in [-0.4, -0.2) is 5.78 Å². The van der Waals surface area contributed by atoms with Crippen molar-refractivity contribution in [3.8, 4) is 0 Å². The lowest BCUT2D eigenvalue weighted by atomic mass is 9.97. The molecule has 1 aliphatic rings. The first-order chi connectivity index (χ1) is 9.35. The number of hydrogen-bond donors (Lipinski definition) is 0. The predicted molar refractivity (Wildman–Crippen MR) is 83.7 cm³/mol. The highest BCUT2D eigenvalue weighted by molar-refractivity contribution is 5.93. The Balaban J connectivity index is 1.90. The number of benzene rings is 2. The van der Waals surface area contributed by atoms with E-state index in [0.717, 1.165) is 5.56 Å². The molecule has 1 aliphatic carbocycles. The van der Waals surface area contributed by atoms with Crippen LogP contribution < -0.4 is 0 Å². The number of carbonyl (C=O) groups is 1. The Labute approximate surface area is 121 Å². The molecule has 0 spiro atoms. The summed E-state index contributed by atoms with van der Waals surface area (Å²) in [6.07, 6.45) is 0.554. The highest BCUT2D eigenvalue weighted by Gasteiger charge is 2.67. The summed E-state index contributed by atoms with van der Waals surface area (Å²) in [6, 6.07) is 14.5. The van der Waals surface area contributed by atoms with Gasteiger partial charge in [-0.15, -0.1) is 0 Å². The van der Waals surface area contributed by atoms with Crippen LogP contribution in [-0.2, 0) is 11.2 Å². The molecule has 0 radical (unpaired) electrons. The summed E-state index contributed by atoms with van der Waals surface area (Å²) in [6.45, 7) is 8.83. The number of rotatable bonds is 3. The smallest absolute Gasteiger partial charge is 0.141 e. The number of hydrogen-bond acceptors (Lipinski definition) is 1. The molecule has 0 aromatic heterocycles. The first-order valence-electron chi connectivity index (χ1n) is 7.35. The van der Waals surface area contributed by atoms with Gasteiger partial charge in [-0.3, -0.25) is 4.79 Å². The summed E-state index contributed by atoms with van der Waals surface area (Å²) < 4.78 is 0. The number of ketones is 1. The number of carbonyl (C=O) groups excluding carboxylic acids is 1. The van der Waals surface area contributed by atoms with Crippen molar-refractivity contribution in [3.63, 3.8) is 0 Å². The van der Waals surface area contributed by atoms with Crippen molar-refractivity contribution in [1.29, 1.82) is 0 Å². The van der Waals surface area contributed by atoms with Crippen LogP contribution in [0, 0.1) is 16.7 Å². The fourth-order valence-electron chi connectivity index (χ4n) is 3.74. The van der Waals surface area contributed by atoms with Gasteiger partial charge in [-0.05, 0) is 27.2 Å². The summed E-state index contributed by atoms with van der Waals surface area (Å²) in [5, 5.41) is 2.42. The van der Waals surface area contributed by atoms with Crippen LogP contribution in [0.5, 0.6) is 0 Å². The molecule has 0 unspecified atom stereocenters. The van der Waals surface area contributed by atoms with E-state index in [2.05, 4.69) is 52.0 Å². The normalized spacial score (nSPS) is 20.0. The van der Waals surface area contributed by atoms with E-state index in [1.807, 2.05) is 18.2 Å².